The van der Waals surface area contributed by atoms with Crippen molar-refractivity contribution < 1.29 is 0 Å². The normalized spacial score (nSPS) is 17.0. The van der Waals surface area contributed by atoms with Gasteiger partial charge in [-0.25, -0.2) is 9.98 Å². The molecule has 6 heteroatoms. The van der Waals surface area contributed by atoms with Crippen LogP contribution in [0.3, 0.4) is 0 Å². The molecule has 0 radical (unpaired) electrons. The number of hydrogen-bond donors (Lipinski definition) is 2. The molecular weight excluding hydrogens is 384 g/mol. The maximum Gasteiger partial charge on any atom is 0.138 e. The van der Waals surface area contributed by atoms with Crippen molar-refractivity contribution in [3.05, 3.63) is 60.3 Å². The predicted octanol–water partition coefficient (Wildman–Crippen LogP) is 5.06. The lowest BCUT2D eigenvalue weighted by atomic mass is 9.94. The molecule has 1 saturated heterocycles. The maximum atomic E-state index is 4.62. The molecule has 0 bridgehead atoms. The fourth-order valence-electron chi connectivity index (χ4n) is 3.80. The number of aromatic nitrogens is 2. The number of pyridine rings is 1. The number of piperidine rings is 1. The molecule has 2 aromatic heterocycles. The SMILES string of the molecule is C=C=C(Nc1cnc2[nH]cc(C(/C=C\C(C)=NC=NC)=C/C)c2c1)C1CCN(C)CC1. The summed E-state index contributed by atoms with van der Waals surface area (Å²) < 4.78 is 0. The van der Waals surface area contributed by atoms with Gasteiger partial charge < -0.3 is 15.2 Å². The molecule has 2 N–H and O–H groups in total. The third kappa shape index (κ3) is 5.69. The van der Waals surface area contributed by atoms with Gasteiger partial charge in [-0.1, -0.05) is 18.7 Å². The molecule has 31 heavy (non-hydrogen) atoms. The van der Waals surface area contributed by atoms with Crippen molar-refractivity contribution in [1.29, 1.82) is 0 Å². The molecule has 0 spiro atoms. The third-order valence-electron chi connectivity index (χ3n) is 5.63. The minimum atomic E-state index is 0.457. The summed E-state index contributed by atoms with van der Waals surface area (Å²) in [6.45, 7) is 10.1. The van der Waals surface area contributed by atoms with Crippen LogP contribution in [0.2, 0.25) is 0 Å². The summed E-state index contributed by atoms with van der Waals surface area (Å²) in [6.07, 6.45) is 13.8. The third-order valence-corrected chi connectivity index (χ3v) is 5.63. The van der Waals surface area contributed by atoms with Gasteiger partial charge in [-0.15, -0.1) is 5.73 Å². The first-order chi connectivity index (χ1) is 15.0. The molecule has 1 fully saturated rings. The second-order valence-electron chi connectivity index (χ2n) is 7.84. The highest BCUT2D eigenvalue weighted by Gasteiger charge is 2.20. The number of aliphatic imine (C=N–C) groups is 2. The van der Waals surface area contributed by atoms with Crippen molar-refractivity contribution in [2.45, 2.75) is 26.7 Å². The second-order valence-corrected chi connectivity index (χ2v) is 7.84. The van der Waals surface area contributed by atoms with Crippen molar-refractivity contribution in [3.63, 3.8) is 0 Å². The van der Waals surface area contributed by atoms with Crippen LogP contribution in [0.1, 0.15) is 32.3 Å². The lowest BCUT2D eigenvalue weighted by Crippen LogP contribution is -2.32. The van der Waals surface area contributed by atoms with Crippen LogP contribution in [0, 0.1) is 5.92 Å². The average molecular weight is 417 g/mol. The highest BCUT2D eigenvalue weighted by molar-refractivity contribution is 6.01. The lowest BCUT2D eigenvalue weighted by Gasteiger charge is -2.30. The molecule has 2 aromatic rings. The summed E-state index contributed by atoms with van der Waals surface area (Å²) in [6, 6.07) is 2.14. The first-order valence-corrected chi connectivity index (χ1v) is 10.7. The summed E-state index contributed by atoms with van der Waals surface area (Å²) in [5.74, 6) is 0.457. The zero-order chi connectivity index (χ0) is 22.2. The van der Waals surface area contributed by atoms with E-state index in [4.69, 9.17) is 0 Å². The highest BCUT2D eigenvalue weighted by Crippen LogP contribution is 2.29. The van der Waals surface area contributed by atoms with Crippen LogP contribution in [-0.2, 0) is 0 Å². The largest absolute Gasteiger partial charge is 0.351 e. The van der Waals surface area contributed by atoms with Gasteiger partial charge in [0.1, 0.15) is 12.0 Å². The number of nitrogens with zero attached hydrogens (tertiary/aromatic N) is 4. The Morgan fingerprint density at radius 1 is 1.35 bits per heavy atom. The quantitative estimate of drug-likeness (QED) is 0.287. The molecule has 0 unspecified atom stereocenters. The maximum absolute atomic E-state index is 4.62. The van der Waals surface area contributed by atoms with E-state index in [0.717, 1.165) is 65.2 Å². The van der Waals surface area contributed by atoms with Crippen molar-refractivity contribution in [3.8, 4) is 0 Å². The fourth-order valence-corrected chi connectivity index (χ4v) is 3.80. The minimum Gasteiger partial charge on any atom is -0.351 e. The van der Waals surface area contributed by atoms with E-state index in [1.54, 1.807) is 13.4 Å². The van der Waals surface area contributed by atoms with E-state index in [0.29, 0.717) is 5.92 Å². The number of nitrogens with one attached hydrogen (secondary N) is 2. The molecule has 162 valence electrons. The molecule has 1 aliphatic rings. The fraction of sp³-hybridized carbons (Fsp3) is 0.360. The Balaban J connectivity index is 1.84. The van der Waals surface area contributed by atoms with Crippen LogP contribution in [0.5, 0.6) is 0 Å². The summed E-state index contributed by atoms with van der Waals surface area (Å²) in [7, 11) is 3.88. The lowest BCUT2D eigenvalue weighted by molar-refractivity contribution is 0.239. The number of likely N-dealkylation sites (tertiary alicyclic amines) is 1. The van der Waals surface area contributed by atoms with Crippen molar-refractivity contribution in [1.82, 2.24) is 14.9 Å². The molecular formula is C25H32N6. The van der Waals surface area contributed by atoms with Gasteiger partial charge in [0.2, 0.25) is 0 Å². The molecule has 3 rings (SSSR count). The van der Waals surface area contributed by atoms with Gasteiger partial charge >= 0.3 is 0 Å². The van der Waals surface area contributed by atoms with Gasteiger partial charge in [0.15, 0.2) is 0 Å². The van der Waals surface area contributed by atoms with Gasteiger partial charge in [-0.05, 0) is 64.5 Å². The second kappa shape index (κ2) is 10.7. The van der Waals surface area contributed by atoms with Crippen molar-refractivity contribution in [2.24, 2.45) is 15.9 Å². The molecule has 0 aromatic carbocycles. The van der Waals surface area contributed by atoms with E-state index in [-0.39, 0.29) is 0 Å². The number of allylic oxidation sites excluding steroid dienone is 5. The Morgan fingerprint density at radius 3 is 2.81 bits per heavy atom. The van der Waals surface area contributed by atoms with Gasteiger partial charge in [0.05, 0.1) is 17.6 Å². The molecule has 6 nitrogen and oxygen atoms in total. The van der Waals surface area contributed by atoms with E-state index < -0.39 is 0 Å². The monoisotopic (exact) mass is 416 g/mol. The van der Waals surface area contributed by atoms with Gasteiger partial charge in [-0.3, -0.25) is 4.99 Å². The first kappa shape index (κ1) is 22.5. The van der Waals surface area contributed by atoms with Crippen LogP contribution in [0.15, 0.2) is 64.7 Å². The van der Waals surface area contributed by atoms with Crippen LogP contribution in [-0.4, -0.2) is 54.1 Å². The Hall–Kier alpha value is -3.21. The molecule has 3 heterocycles. The van der Waals surface area contributed by atoms with Crippen LogP contribution in [0.4, 0.5) is 5.69 Å². The van der Waals surface area contributed by atoms with E-state index in [2.05, 4.69) is 67.7 Å². The van der Waals surface area contributed by atoms with Gasteiger partial charge in [0.25, 0.3) is 0 Å². The Kier molecular flexibility index (Phi) is 7.76. The van der Waals surface area contributed by atoms with Crippen LogP contribution in [0.25, 0.3) is 16.6 Å². The van der Waals surface area contributed by atoms with E-state index >= 15 is 0 Å². The molecule has 0 aliphatic carbocycles. The average Bonchev–Trinajstić information content (AvgIpc) is 3.20. The smallest absolute Gasteiger partial charge is 0.138 e. The zero-order valence-corrected chi connectivity index (χ0v) is 18.9. The van der Waals surface area contributed by atoms with Gasteiger partial charge in [0, 0.05) is 35.8 Å². The Morgan fingerprint density at radius 2 is 2.13 bits per heavy atom. The standard InChI is InChI=1S/C25H32N6/c1-6-19(9-8-18(3)29-17-26-4)23-16-28-25-22(23)14-21(15-27-25)30-24(7-2)20-10-12-31(5)13-11-20/h6,8-9,14-17,20,30H,2,10-13H2,1,3-5H3,(H,27,28)/b9-8-,19-6+,26-17?,29-18?. The van der Waals surface area contributed by atoms with E-state index in [1.807, 2.05) is 32.3 Å². The molecule has 1 aliphatic heterocycles. The zero-order valence-electron chi connectivity index (χ0n) is 18.9. The van der Waals surface area contributed by atoms with Crippen LogP contribution < -0.4 is 5.32 Å². The number of aromatic amines is 1. The number of H-pyrrole nitrogens is 1. The molecule has 0 atom stereocenters. The summed E-state index contributed by atoms with van der Waals surface area (Å²) >= 11 is 0. The minimum absolute atomic E-state index is 0.457. The summed E-state index contributed by atoms with van der Waals surface area (Å²) in [4.78, 5) is 18.4. The van der Waals surface area contributed by atoms with Crippen molar-refractivity contribution in [2.75, 3.05) is 32.5 Å². The number of rotatable bonds is 7. The summed E-state index contributed by atoms with van der Waals surface area (Å²) in [5.41, 5.74) is 9.10. The first-order valence-electron chi connectivity index (χ1n) is 10.7. The van der Waals surface area contributed by atoms with Crippen LogP contribution >= 0.6 is 0 Å². The number of hydrogen-bond acceptors (Lipinski definition) is 4. The van der Waals surface area contributed by atoms with Gasteiger partial charge in [-0.2, -0.15) is 0 Å². The Bertz CT molecular complexity index is 1070. The number of anilines is 1. The Labute approximate surface area is 184 Å². The molecule has 0 saturated carbocycles. The molecule has 0 amide bonds. The summed E-state index contributed by atoms with van der Waals surface area (Å²) in [5, 5.41) is 4.60. The van der Waals surface area contributed by atoms with Crippen molar-refractivity contribution >= 4 is 34.3 Å². The topological polar surface area (TPSA) is 68.7 Å². The predicted molar refractivity (Wildman–Crippen MR) is 133 cm³/mol. The highest BCUT2D eigenvalue weighted by atomic mass is 15.1. The van der Waals surface area contributed by atoms with E-state index in [9.17, 15) is 0 Å². The number of fused-ring (bicyclic) bond motifs is 1. The van der Waals surface area contributed by atoms with E-state index in [1.165, 1.54) is 0 Å².